The highest BCUT2D eigenvalue weighted by atomic mass is 16.5. The number of esters is 1. The van der Waals surface area contributed by atoms with Crippen LogP contribution in [0.15, 0.2) is 72.9 Å². The van der Waals surface area contributed by atoms with Crippen LogP contribution >= 0.6 is 0 Å². The fourth-order valence-electron chi connectivity index (χ4n) is 4.53. The fourth-order valence-corrected chi connectivity index (χ4v) is 4.53. The van der Waals surface area contributed by atoms with Gasteiger partial charge in [-0.25, -0.2) is 0 Å². The summed E-state index contributed by atoms with van der Waals surface area (Å²) >= 11 is 0. The molecule has 0 aliphatic heterocycles. The number of ketones is 1. The van der Waals surface area contributed by atoms with E-state index in [1.807, 2.05) is 0 Å². The Kier molecular flexibility index (Phi) is 9.33. The van der Waals surface area contributed by atoms with Crippen LogP contribution < -0.4 is 21.3 Å². The van der Waals surface area contributed by atoms with E-state index in [0.29, 0.717) is 38.8 Å². The van der Waals surface area contributed by atoms with Crippen molar-refractivity contribution in [2.45, 2.75) is 13.5 Å². The van der Waals surface area contributed by atoms with E-state index in [4.69, 9.17) is 15.9 Å². The molecular weight excluding hydrogens is 536 g/mol. The third kappa shape index (κ3) is 6.81. The summed E-state index contributed by atoms with van der Waals surface area (Å²) in [5.74, 6) is -1.63. The molecule has 2 amide bonds. The number of aromatic nitrogens is 1. The predicted molar refractivity (Wildman–Crippen MR) is 160 cm³/mol. The van der Waals surface area contributed by atoms with E-state index in [2.05, 4.69) is 15.6 Å². The van der Waals surface area contributed by atoms with Gasteiger partial charge in [-0.1, -0.05) is 42.5 Å². The Morgan fingerprint density at radius 1 is 0.952 bits per heavy atom. The lowest BCUT2D eigenvalue weighted by Gasteiger charge is -2.23. The highest BCUT2D eigenvalue weighted by Crippen LogP contribution is 2.32. The largest absolute Gasteiger partial charge is 0.465 e. The first-order valence-corrected chi connectivity index (χ1v) is 13.3. The summed E-state index contributed by atoms with van der Waals surface area (Å²) in [5.41, 5.74) is 8.49. The standard InChI is InChI=1S/C31H32N6O5/c1-3-42-27(39)17-35-26(38)18-37(2)25-14-13-21-22(28(25)29(40)24-8-5-15-34-24)6-4-7-23(21)31(41)36-16-19-9-11-20(12-10-19)30(32)33/h4-15,34H,3,16-18H2,1-2H3,(H3,32,33)(H,35,38)(H,36,41). The number of nitrogens with zero attached hydrogens (tertiary/aromatic N) is 1. The van der Waals surface area contributed by atoms with Gasteiger partial charge >= 0.3 is 5.97 Å². The molecule has 4 aromatic rings. The minimum Gasteiger partial charge on any atom is -0.465 e. The van der Waals surface area contributed by atoms with Crippen LogP contribution in [0.3, 0.4) is 0 Å². The molecule has 1 aromatic heterocycles. The zero-order valence-corrected chi connectivity index (χ0v) is 23.3. The van der Waals surface area contributed by atoms with Gasteiger partial charge < -0.3 is 31.0 Å². The molecule has 0 saturated carbocycles. The van der Waals surface area contributed by atoms with Gasteiger partial charge in [0, 0.05) is 36.6 Å². The molecular formula is C31H32N6O5. The van der Waals surface area contributed by atoms with Crippen LogP contribution in [-0.2, 0) is 20.9 Å². The summed E-state index contributed by atoms with van der Waals surface area (Å²) < 4.78 is 4.85. The maximum atomic E-state index is 13.7. The van der Waals surface area contributed by atoms with E-state index < -0.39 is 11.9 Å². The Morgan fingerprint density at radius 2 is 1.71 bits per heavy atom. The molecule has 3 aromatic carbocycles. The fraction of sp³-hybridized carbons (Fsp3) is 0.194. The molecule has 1 heterocycles. The number of anilines is 1. The highest BCUT2D eigenvalue weighted by molar-refractivity contribution is 6.21. The van der Waals surface area contributed by atoms with E-state index in [9.17, 15) is 19.2 Å². The predicted octanol–water partition coefficient (Wildman–Crippen LogP) is 2.73. The van der Waals surface area contributed by atoms with Crippen LogP contribution in [0.1, 0.15) is 44.5 Å². The van der Waals surface area contributed by atoms with Gasteiger partial charge in [0.25, 0.3) is 5.91 Å². The summed E-state index contributed by atoms with van der Waals surface area (Å²) in [5, 5.41) is 14.1. The minimum atomic E-state index is -0.541. The molecule has 0 aliphatic rings. The molecule has 0 aliphatic carbocycles. The zero-order valence-electron chi connectivity index (χ0n) is 23.3. The third-order valence-corrected chi connectivity index (χ3v) is 6.60. The third-order valence-electron chi connectivity index (χ3n) is 6.60. The maximum absolute atomic E-state index is 13.7. The number of carbonyl (C=O) groups is 4. The number of amidine groups is 1. The van der Waals surface area contributed by atoms with Crippen LogP contribution in [0.2, 0.25) is 0 Å². The van der Waals surface area contributed by atoms with Crippen molar-refractivity contribution in [3.8, 4) is 0 Å². The van der Waals surface area contributed by atoms with Crippen molar-refractivity contribution in [1.29, 1.82) is 5.41 Å². The zero-order chi connectivity index (χ0) is 30.2. The van der Waals surface area contributed by atoms with Gasteiger partial charge in [0.2, 0.25) is 11.7 Å². The second-order valence-corrected chi connectivity index (χ2v) is 9.50. The Morgan fingerprint density at radius 3 is 2.38 bits per heavy atom. The van der Waals surface area contributed by atoms with Crippen molar-refractivity contribution in [3.63, 3.8) is 0 Å². The monoisotopic (exact) mass is 568 g/mol. The number of nitrogen functional groups attached to an aromatic ring is 1. The van der Waals surface area contributed by atoms with Gasteiger partial charge in [-0.3, -0.25) is 24.6 Å². The van der Waals surface area contributed by atoms with Crippen LogP contribution in [-0.4, -0.2) is 61.1 Å². The van der Waals surface area contributed by atoms with Crippen molar-refractivity contribution in [2.24, 2.45) is 5.73 Å². The molecule has 11 nitrogen and oxygen atoms in total. The first kappa shape index (κ1) is 29.5. The molecule has 0 spiro atoms. The first-order valence-electron chi connectivity index (χ1n) is 13.3. The number of ether oxygens (including phenoxy) is 1. The Bertz CT molecular complexity index is 1630. The minimum absolute atomic E-state index is 0.0339. The van der Waals surface area contributed by atoms with Gasteiger partial charge in [0.15, 0.2) is 0 Å². The number of likely N-dealkylation sites (N-methyl/N-ethyl adjacent to an activating group) is 1. The Balaban J connectivity index is 1.63. The Labute approximate surface area is 242 Å². The number of amides is 2. The Hall–Kier alpha value is -5.45. The van der Waals surface area contributed by atoms with Crippen LogP contribution in [0, 0.1) is 5.41 Å². The smallest absolute Gasteiger partial charge is 0.325 e. The van der Waals surface area contributed by atoms with Gasteiger partial charge in [-0.2, -0.15) is 0 Å². The second kappa shape index (κ2) is 13.3. The number of nitrogens with two attached hydrogens (primary N) is 1. The lowest BCUT2D eigenvalue weighted by Crippen LogP contribution is -2.38. The summed E-state index contributed by atoms with van der Waals surface area (Å²) in [6, 6.07) is 19.0. The van der Waals surface area contributed by atoms with Gasteiger partial charge in [0.05, 0.1) is 24.4 Å². The number of hydrogen-bond acceptors (Lipinski definition) is 7. The van der Waals surface area contributed by atoms with E-state index in [1.165, 1.54) is 0 Å². The SMILES string of the molecule is CCOC(=O)CNC(=O)CN(C)c1ccc2c(C(=O)NCc3ccc(C(=N)N)cc3)cccc2c1C(=O)c1ccc[nH]1. The van der Waals surface area contributed by atoms with Crippen molar-refractivity contribution >= 4 is 45.9 Å². The van der Waals surface area contributed by atoms with Gasteiger partial charge in [-0.15, -0.1) is 0 Å². The van der Waals surface area contributed by atoms with Gasteiger partial charge in [0.1, 0.15) is 12.4 Å². The van der Waals surface area contributed by atoms with Crippen molar-refractivity contribution in [1.82, 2.24) is 15.6 Å². The highest BCUT2D eigenvalue weighted by Gasteiger charge is 2.23. The number of aromatic amines is 1. The number of fused-ring (bicyclic) bond motifs is 1. The lowest BCUT2D eigenvalue weighted by atomic mass is 9.94. The molecule has 6 N–H and O–H groups in total. The van der Waals surface area contributed by atoms with E-state index >= 15 is 0 Å². The normalized spacial score (nSPS) is 10.6. The molecule has 0 atom stereocenters. The molecule has 0 bridgehead atoms. The summed E-state index contributed by atoms with van der Waals surface area (Å²) in [7, 11) is 1.67. The van der Waals surface area contributed by atoms with E-state index in [1.54, 1.807) is 91.8 Å². The number of carbonyl (C=O) groups excluding carboxylic acids is 4. The average Bonchev–Trinajstić information content (AvgIpc) is 3.53. The van der Waals surface area contributed by atoms with Crippen LogP contribution in [0.5, 0.6) is 0 Å². The average molecular weight is 569 g/mol. The van der Waals surface area contributed by atoms with Crippen molar-refractivity contribution < 1.29 is 23.9 Å². The summed E-state index contributed by atoms with van der Waals surface area (Å²) in [6.45, 7) is 1.76. The number of hydrogen-bond donors (Lipinski definition) is 5. The summed E-state index contributed by atoms with van der Waals surface area (Å²) in [6.07, 6.45) is 1.65. The van der Waals surface area contributed by atoms with E-state index in [0.717, 1.165) is 5.56 Å². The van der Waals surface area contributed by atoms with Crippen molar-refractivity contribution in [2.75, 3.05) is 31.6 Å². The number of rotatable bonds is 12. The molecule has 4 rings (SSSR count). The number of H-pyrrole nitrogens is 1. The van der Waals surface area contributed by atoms with E-state index in [-0.39, 0.29) is 43.8 Å². The maximum Gasteiger partial charge on any atom is 0.325 e. The second-order valence-electron chi connectivity index (χ2n) is 9.50. The van der Waals surface area contributed by atoms with Crippen LogP contribution in [0.4, 0.5) is 5.69 Å². The van der Waals surface area contributed by atoms with Crippen LogP contribution in [0.25, 0.3) is 10.8 Å². The molecule has 0 unspecified atom stereocenters. The first-order chi connectivity index (χ1) is 20.2. The van der Waals surface area contributed by atoms with Gasteiger partial charge in [-0.05, 0) is 47.5 Å². The molecule has 0 fully saturated rings. The molecule has 0 saturated heterocycles. The molecule has 11 heteroatoms. The lowest BCUT2D eigenvalue weighted by molar-refractivity contribution is -0.143. The molecule has 216 valence electrons. The molecule has 0 radical (unpaired) electrons. The molecule has 42 heavy (non-hydrogen) atoms. The topological polar surface area (TPSA) is 170 Å². The summed E-state index contributed by atoms with van der Waals surface area (Å²) in [4.78, 5) is 55.8. The number of benzene rings is 3. The number of nitrogens with one attached hydrogen (secondary N) is 4. The quantitative estimate of drug-likeness (QED) is 0.0757. The van der Waals surface area contributed by atoms with Crippen molar-refractivity contribution in [3.05, 3.63) is 101 Å².